The van der Waals surface area contributed by atoms with E-state index in [0.717, 1.165) is 19.3 Å². The van der Waals surface area contributed by atoms with E-state index < -0.39 is 42.1 Å². The number of amides is 2. The smallest absolute Gasteiger partial charge is 0.329 e. The number of nitrogens with one attached hydrogen (secondary N) is 1. The quantitative estimate of drug-likeness (QED) is 0.250. The number of nitrogens with zero attached hydrogens (tertiary/aromatic N) is 1. The summed E-state index contributed by atoms with van der Waals surface area (Å²) in [5.41, 5.74) is 0.356. The van der Waals surface area contributed by atoms with Crippen LogP contribution in [0.3, 0.4) is 0 Å². The normalized spacial score (nSPS) is 30.1. The molecule has 10 heteroatoms. The summed E-state index contributed by atoms with van der Waals surface area (Å²) in [6, 6.07) is 1.75. The highest BCUT2D eigenvalue weighted by Gasteiger charge is 2.63. The standard InChI is InChI=1S/C28H40N2O8/c1-15(31)23(29-24(35)21(34)13-16-7-8-19(32)20(33)12-16)25(36)30-11-5-6-18(30)26(37)38-22-14-17-9-10-28(22,4)27(17,2)3/h7-8,12,15,17-18,21-23,31-34H,5-6,9-11,13-14H2,1-4H3,(H,29,35)/t15-,17?,18+,21-,22?,23+,28?/m1/s1. The minimum atomic E-state index is -1.57. The van der Waals surface area contributed by atoms with Gasteiger partial charge in [0.2, 0.25) is 11.8 Å². The van der Waals surface area contributed by atoms with Gasteiger partial charge in [-0.3, -0.25) is 9.59 Å². The maximum Gasteiger partial charge on any atom is 0.329 e. The molecule has 4 rings (SSSR count). The van der Waals surface area contributed by atoms with Gasteiger partial charge in [0.15, 0.2) is 11.5 Å². The lowest BCUT2D eigenvalue weighted by atomic mass is 9.70. The fourth-order valence-electron chi connectivity index (χ4n) is 6.63. The van der Waals surface area contributed by atoms with Crippen LogP contribution in [0.4, 0.5) is 0 Å². The maximum absolute atomic E-state index is 13.4. The maximum atomic E-state index is 13.4. The SMILES string of the molecule is C[C@@H](O)[C@H](NC(=O)[C@H](O)Cc1ccc(O)c(O)c1)C(=O)N1CCC[C@H]1C(=O)OC1CC2CCC1(C)C2(C)C. The second-order valence-corrected chi connectivity index (χ2v) is 12.0. The van der Waals surface area contributed by atoms with Gasteiger partial charge in [-0.15, -0.1) is 0 Å². The number of hydrogen-bond donors (Lipinski definition) is 5. The molecule has 1 aliphatic heterocycles. The Morgan fingerprint density at radius 2 is 1.84 bits per heavy atom. The number of aliphatic hydroxyl groups is 2. The van der Waals surface area contributed by atoms with Crippen LogP contribution in [0.5, 0.6) is 11.5 Å². The number of ether oxygens (including phenoxy) is 1. The highest BCUT2D eigenvalue weighted by atomic mass is 16.5. The molecule has 2 amide bonds. The van der Waals surface area contributed by atoms with E-state index in [1.165, 1.54) is 30.0 Å². The molecule has 5 N–H and O–H groups in total. The van der Waals surface area contributed by atoms with Gasteiger partial charge in [0.05, 0.1) is 6.10 Å². The molecule has 3 unspecified atom stereocenters. The summed E-state index contributed by atoms with van der Waals surface area (Å²) in [5, 5.41) is 42.2. The largest absolute Gasteiger partial charge is 0.504 e. The van der Waals surface area contributed by atoms with Crippen LogP contribution in [0.25, 0.3) is 0 Å². The van der Waals surface area contributed by atoms with Gasteiger partial charge in [0.25, 0.3) is 0 Å². The van der Waals surface area contributed by atoms with Crippen LogP contribution in [0.15, 0.2) is 18.2 Å². The summed E-state index contributed by atoms with van der Waals surface area (Å²) in [6.45, 7) is 8.30. The predicted molar refractivity (Wildman–Crippen MR) is 137 cm³/mol. The van der Waals surface area contributed by atoms with Crippen molar-refractivity contribution in [3.05, 3.63) is 23.8 Å². The zero-order valence-corrected chi connectivity index (χ0v) is 22.5. The third-order valence-electron chi connectivity index (χ3n) is 9.60. The van der Waals surface area contributed by atoms with E-state index in [1.807, 2.05) is 0 Å². The summed E-state index contributed by atoms with van der Waals surface area (Å²) < 4.78 is 6.03. The fourth-order valence-corrected chi connectivity index (χ4v) is 6.63. The fraction of sp³-hybridized carbons (Fsp3) is 0.679. The molecule has 3 fully saturated rings. The number of benzene rings is 1. The molecular weight excluding hydrogens is 492 g/mol. The number of esters is 1. The molecular formula is C28H40N2O8. The number of aromatic hydroxyl groups is 2. The number of likely N-dealkylation sites (tertiary alicyclic amines) is 1. The van der Waals surface area contributed by atoms with Crippen molar-refractivity contribution in [1.29, 1.82) is 0 Å². The molecule has 1 heterocycles. The van der Waals surface area contributed by atoms with Gasteiger partial charge in [-0.2, -0.15) is 0 Å². The second-order valence-electron chi connectivity index (χ2n) is 12.0. The zero-order valence-electron chi connectivity index (χ0n) is 22.5. The van der Waals surface area contributed by atoms with Crippen molar-refractivity contribution < 1.29 is 39.5 Å². The first-order valence-electron chi connectivity index (χ1n) is 13.4. The van der Waals surface area contributed by atoms with E-state index in [0.29, 0.717) is 30.9 Å². The highest BCUT2D eigenvalue weighted by Crippen LogP contribution is 2.66. The molecule has 0 spiro atoms. The van der Waals surface area contributed by atoms with Gasteiger partial charge in [-0.25, -0.2) is 4.79 Å². The first kappa shape index (κ1) is 28.2. The van der Waals surface area contributed by atoms with Crippen molar-refractivity contribution in [2.24, 2.45) is 16.7 Å². The summed E-state index contributed by atoms with van der Waals surface area (Å²) >= 11 is 0. The molecule has 7 atom stereocenters. The van der Waals surface area contributed by atoms with Crippen LogP contribution in [0.1, 0.15) is 65.4 Å². The third-order valence-corrected chi connectivity index (χ3v) is 9.60. The third kappa shape index (κ3) is 4.96. The van der Waals surface area contributed by atoms with Crippen LogP contribution >= 0.6 is 0 Å². The number of fused-ring (bicyclic) bond motifs is 2. The van der Waals surface area contributed by atoms with E-state index in [9.17, 15) is 34.8 Å². The van der Waals surface area contributed by atoms with Gasteiger partial charge in [0.1, 0.15) is 24.3 Å². The van der Waals surface area contributed by atoms with Crippen molar-refractivity contribution >= 4 is 17.8 Å². The molecule has 210 valence electrons. The highest BCUT2D eigenvalue weighted by molar-refractivity contribution is 5.92. The van der Waals surface area contributed by atoms with E-state index in [1.54, 1.807) is 0 Å². The van der Waals surface area contributed by atoms with Crippen LogP contribution in [0.2, 0.25) is 0 Å². The lowest BCUT2D eigenvalue weighted by molar-refractivity contribution is -0.165. The molecule has 3 aliphatic rings. The Hall–Kier alpha value is -2.85. The molecule has 2 aliphatic carbocycles. The number of rotatable bonds is 8. The van der Waals surface area contributed by atoms with Crippen LogP contribution in [-0.4, -0.2) is 80.1 Å². The van der Waals surface area contributed by atoms with Crippen LogP contribution in [-0.2, 0) is 25.5 Å². The summed E-state index contributed by atoms with van der Waals surface area (Å²) in [4.78, 5) is 40.8. The van der Waals surface area contributed by atoms with Gasteiger partial charge in [0, 0.05) is 18.4 Å². The average molecular weight is 533 g/mol. The molecule has 1 saturated heterocycles. The molecule has 2 saturated carbocycles. The molecule has 10 nitrogen and oxygen atoms in total. The van der Waals surface area contributed by atoms with E-state index in [2.05, 4.69) is 26.1 Å². The molecule has 0 aromatic heterocycles. The van der Waals surface area contributed by atoms with Gasteiger partial charge < -0.3 is 35.4 Å². The number of carbonyl (C=O) groups is 3. The van der Waals surface area contributed by atoms with Gasteiger partial charge >= 0.3 is 5.97 Å². The van der Waals surface area contributed by atoms with Crippen molar-refractivity contribution in [3.63, 3.8) is 0 Å². The monoisotopic (exact) mass is 532 g/mol. The molecule has 2 bridgehead atoms. The second kappa shape index (κ2) is 10.4. The number of phenolic OH excluding ortho intramolecular Hbond substituents is 2. The Kier molecular flexibility index (Phi) is 7.69. The van der Waals surface area contributed by atoms with E-state index >= 15 is 0 Å². The Balaban J connectivity index is 1.40. The first-order chi connectivity index (χ1) is 17.8. The van der Waals surface area contributed by atoms with E-state index in [4.69, 9.17) is 4.74 Å². The molecule has 1 aromatic rings. The van der Waals surface area contributed by atoms with Crippen LogP contribution in [0, 0.1) is 16.7 Å². The number of phenols is 2. The number of carbonyl (C=O) groups excluding carboxylic acids is 3. The summed E-state index contributed by atoms with van der Waals surface area (Å²) in [7, 11) is 0. The van der Waals surface area contributed by atoms with Crippen molar-refractivity contribution in [3.8, 4) is 11.5 Å². The Morgan fingerprint density at radius 1 is 1.13 bits per heavy atom. The van der Waals surface area contributed by atoms with E-state index in [-0.39, 0.29) is 34.9 Å². The summed E-state index contributed by atoms with van der Waals surface area (Å²) in [5.74, 6) is -2.16. The zero-order chi connectivity index (χ0) is 28.0. The lowest BCUT2D eigenvalue weighted by Crippen LogP contribution is -2.57. The number of hydrogen-bond acceptors (Lipinski definition) is 8. The van der Waals surface area contributed by atoms with Crippen LogP contribution < -0.4 is 5.32 Å². The molecule has 38 heavy (non-hydrogen) atoms. The average Bonchev–Trinajstić information content (AvgIpc) is 3.47. The van der Waals surface area contributed by atoms with Gasteiger partial charge in [-0.1, -0.05) is 26.8 Å². The summed E-state index contributed by atoms with van der Waals surface area (Å²) in [6.07, 6.45) is 0.731. The topological polar surface area (TPSA) is 157 Å². The first-order valence-corrected chi connectivity index (χ1v) is 13.4. The minimum absolute atomic E-state index is 0.0739. The number of aliphatic hydroxyl groups excluding tert-OH is 2. The minimum Gasteiger partial charge on any atom is -0.504 e. The Bertz CT molecular complexity index is 1090. The lowest BCUT2D eigenvalue weighted by Gasteiger charge is -2.39. The van der Waals surface area contributed by atoms with Gasteiger partial charge in [-0.05, 0) is 68.1 Å². The molecule has 0 radical (unpaired) electrons. The molecule has 1 aromatic carbocycles. The van der Waals surface area contributed by atoms with Crippen molar-refractivity contribution in [1.82, 2.24) is 10.2 Å². The Morgan fingerprint density at radius 3 is 2.42 bits per heavy atom. The Labute approximate surface area is 223 Å². The van der Waals surface area contributed by atoms with Crippen molar-refractivity contribution in [2.75, 3.05) is 6.54 Å². The van der Waals surface area contributed by atoms with Crippen molar-refractivity contribution in [2.45, 2.75) is 96.6 Å². The predicted octanol–water partition coefficient (Wildman–Crippen LogP) is 1.62.